The minimum absolute atomic E-state index is 0.130. The maximum atomic E-state index is 12.5. The van der Waals surface area contributed by atoms with Crippen LogP contribution in [0.1, 0.15) is 25.3 Å². The fourth-order valence-electron chi connectivity index (χ4n) is 2.45. The maximum absolute atomic E-state index is 12.5. The van der Waals surface area contributed by atoms with E-state index in [1.54, 1.807) is 24.3 Å². The molecule has 0 aliphatic carbocycles. The van der Waals surface area contributed by atoms with Crippen LogP contribution in [0.4, 0.5) is 0 Å². The second-order valence-electron chi connectivity index (χ2n) is 5.15. The van der Waals surface area contributed by atoms with Crippen LogP contribution in [0.25, 0.3) is 0 Å². The molecule has 1 fully saturated rings. The Labute approximate surface area is 124 Å². The molecule has 0 saturated carbocycles. The van der Waals surface area contributed by atoms with Crippen LogP contribution in [0, 0.1) is 0 Å². The number of amides is 1. The Kier molecular flexibility index (Phi) is 4.97. The summed E-state index contributed by atoms with van der Waals surface area (Å²) < 4.78 is 26.4. The van der Waals surface area contributed by atoms with Crippen LogP contribution < -0.4 is 5.32 Å². The van der Waals surface area contributed by atoms with Crippen LogP contribution in [-0.2, 0) is 21.4 Å². The highest BCUT2D eigenvalue weighted by Crippen LogP contribution is 2.25. The van der Waals surface area contributed by atoms with Gasteiger partial charge in [0.15, 0.2) is 0 Å². The monoisotopic (exact) mass is 312 g/mol. The Morgan fingerprint density at radius 2 is 2.05 bits per heavy atom. The molecule has 1 aromatic carbocycles. The molecule has 1 heterocycles. The molecule has 0 radical (unpaired) electrons. The summed E-state index contributed by atoms with van der Waals surface area (Å²) in [6.07, 6.45) is 1.46. The van der Waals surface area contributed by atoms with Crippen LogP contribution in [0.3, 0.4) is 0 Å². The molecule has 0 spiro atoms. The number of benzene rings is 1. The van der Waals surface area contributed by atoms with Crippen molar-refractivity contribution in [3.05, 3.63) is 29.8 Å². The van der Waals surface area contributed by atoms with Crippen LogP contribution in [0.5, 0.6) is 0 Å². The van der Waals surface area contributed by atoms with Gasteiger partial charge in [-0.1, -0.05) is 12.1 Å². The van der Waals surface area contributed by atoms with Gasteiger partial charge in [0.1, 0.15) is 0 Å². The van der Waals surface area contributed by atoms with E-state index >= 15 is 0 Å². The largest absolute Gasteiger partial charge is 0.395 e. The van der Waals surface area contributed by atoms with Gasteiger partial charge in [-0.25, -0.2) is 8.42 Å². The zero-order chi connectivity index (χ0) is 15.5. The summed E-state index contributed by atoms with van der Waals surface area (Å²) in [5.74, 6) is -0.130. The first-order valence-electron chi connectivity index (χ1n) is 6.91. The van der Waals surface area contributed by atoms with Gasteiger partial charge in [0.05, 0.1) is 11.5 Å². The van der Waals surface area contributed by atoms with E-state index < -0.39 is 10.0 Å². The van der Waals surface area contributed by atoms with E-state index in [4.69, 9.17) is 0 Å². The number of hydrogen-bond donors (Lipinski definition) is 2. The van der Waals surface area contributed by atoms with E-state index in [1.165, 1.54) is 11.2 Å². The second kappa shape index (κ2) is 6.55. The van der Waals surface area contributed by atoms with Gasteiger partial charge in [-0.15, -0.1) is 0 Å². The summed E-state index contributed by atoms with van der Waals surface area (Å²) in [6.45, 7) is 2.10. The number of carbonyl (C=O) groups excluding carboxylic acids is 1. The summed E-state index contributed by atoms with van der Waals surface area (Å²) in [7, 11) is -3.56. The Balaban J connectivity index is 2.15. The third-order valence-corrected chi connectivity index (χ3v) is 5.57. The van der Waals surface area contributed by atoms with E-state index in [0.717, 1.165) is 12.0 Å². The average Bonchev–Trinajstić information content (AvgIpc) is 2.94. The smallest absolute Gasteiger partial charge is 0.243 e. The molecule has 1 saturated heterocycles. The van der Waals surface area contributed by atoms with E-state index in [1.807, 2.05) is 0 Å². The van der Waals surface area contributed by atoms with E-state index in [9.17, 15) is 18.3 Å². The van der Waals surface area contributed by atoms with Gasteiger partial charge >= 0.3 is 0 Å². The predicted molar refractivity (Wildman–Crippen MR) is 78.0 cm³/mol. The molecule has 6 nitrogen and oxygen atoms in total. The van der Waals surface area contributed by atoms with Crippen molar-refractivity contribution in [3.63, 3.8) is 0 Å². The van der Waals surface area contributed by atoms with E-state index in [2.05, 4.69) is 5.32 Å². The normalized spacial score (nSPS) is 19.6. The Bertz CT molecular complexity index is 598. The van der Waals surface area contributed by atoms with Crippen molar-refractivity contribution in [2.45, 2.75) is 37.2 Å². The van der Waals surface area contributed by atoms with Gasteiger partial charge in [0.25, 0.3) is 0 Å². The molecule has 0 aromatic heterocycles. The number of nitrogens with zero attached hydrogens (tertiary/aromatic N) is 1. The number of aliphatic hydroxyl groups is 1. The van der Waals surface area contributed by atoms with Crippen molar-refractivity contribution < 1.29 is 18.3 Å². The summed E-state index contributed by atoms with van der Waals surface area (Å²) in [5, 5.41) is 11.9. The molecule has 2 N–H and O–H groups in total. The van der Waals surface area contributed by atoms with Crippen LogP contribution in [-0.4, -0.2) is 42.9 Å². The first kappa shape index (κ1) is 15.9. The van der Waals surface area contributed by atoms with E-state index in [-0.39, 0.29) is 23.5 Å². The minimum Gasteiger partial charge on any atom is -0.395 e. The third kappa shape index (κ3) is 3.61. The molecule has 7 heteroatoms. The number of nitrogens with one attached hydrogen (secondary N) is 1. The molecular formula is C14H20N2O4S. The zero-order valence-corrected chi connectivity index (χ0v) is 12.8. The quantitative estimate of drug-likeness (QED) is 0.827. The molecule has 1 aliphatic rings. The Hall–Kier alpha value is -1.44. The van der Waals surface area contributed by atoms with Crippen molar-refractivity contribution in [3.8, 4) is 0 Å². The first-order chi connectivity index (χ1) is 9.95. The lowest BCUT2D eigenvalue weighted by Crippen LogP contribution is -2.37. The van der Waals surface area contributed by atoms with E-state index in [0.29, 0.717) is 19.5 Å². The number of hydrogen-bond acceptors (Lipinski definition) is 4. The number of aliphatic hydroxyl groups excluding tert-OH is 1. The maximum Gasteiger partial charge on any atom is 0.243 e. The summed E-state index contributed by atoms with van der Waals surface area (Å²) in [4.78, 5) is 11.1. The average molecular weight is 312 g/mol. The van der Waals surface area contributed by atoms with Crippen molar-refractivity contribution in [2.24, 2.45) is 0 Å². The van der Waals surface area contributed by atoms with Gasteiger partial charge < -0.3 is 10.4 Å². The molecule has 1 aromatic rings. The molecule has 21 heavy (non-hydrogen) atoms. The molecule has 0 bridgehead atoms. The molecule has 1 amide bonds. The lowest BCUT2D eigenvalue weighted by molar-refractivity contribution is -0.119. The lowest BCUT2D eigenvalue weighted by atomic mass is 10.2. The second-order valence-corrected chi connectivity index (χ2v) is 7.04. The van der Waals surface area contributed by atoms with Crippen LogP contribution in [0.15, 0.2) is 29.2 Å². The van der Waals surface area contributed by atoms with Crippen molar-refractivity contribution >= 4 is 15.9 Å². The van der Waals surface area contributed by atoms with Gasteiger partial charge in [-0.05, 0) is 30.5 Å². The Morgan fingerprint density at radius 1 is 1.38 bits per heavy atom. The van der Waals surface area contributed by atoms with Gasteiger partial charge in [0.2, 0.25) is 15.9 Å². The minimum atomic E-state index is -3.56. The highest BCUT2D eigenvalue weighted by molar-refractivity contribution is 7.89. The third-order valence-electron chi connectivity index (χ3n) is 3.61. The molecule has 0 unspecified atom stereocenters. The predicted octanol–water partition coefficient (Wildman–Crippen LogP) is 0.468. The summed E-state index contributed by atoms with van der Waals surface area (Å²) in [6, 6.07) is 6.13. The van der Waals surface area contributed by atoms with Crippen molar-refractivity contribution in [2.75, 3.05) is 13.2 Å². The SMILES string of the molecule is CC(=O)NCc1ccc(S(=O)(=O)N2CCC[C@H]2CO)cc1. The fraction of sp³-hybridized carbons (Fsp3) is 0.500. The summed E-state index contributed by atoms with van der Waals surface area (Å²) in [5.41, 5.74) is 0.837. The highest BCUT2D eigenvalue weighted by atomic mass is 32.2. The lowest BCUT2D eigenvalue weighted by Gasteiger charge is -2.22. The van der Waals surface area contributed by atoms with Gasteiger partial charge in [0, 0.05) is 26.1 Å². The number of sulfonamides is 1. The van der Waals surface area contributed by atoms with Gasteiger partial charge in [-0.3, -0.25) is 4.79 Å². The molecule has 1 aliphatic heterocycles. The molecule has 1 atom stereocenters. The molecular weight excluding hydrogens is 292 g/mol. The highest BCUT2D eigenvalue weighted by Gasteiger charge is 2.34. The topological polar surface area (TPSA) is 86.7 Å². The van der Waals surface area contributed by atoms with Crippen LogP contribution >= 0.6 is 0 Å². The van der Waals surface area contributed by atoms with Crippen molar-refractivity contribution in [1.82, 2.24) is 9.62 Å². The van der Waals surface area contributed by atoms with Gasteiger partial charge in [-0.2, -0.15) is 4.31 Å². The van der Waals surface area contributed by atoms with Crippen molar-refractivity contribution in [1.29, 1.82) is 0 Å². The number of carbonyl (C=O) groups is 1. The zero-order valence-electron chi connectivity index (χ0n) is 11.9. The molecule has 116 valence electrons. The molecule has 2 rings (SSSR count). The Morgan fingerprint density at radius 3 is 2.62 bits per heavy atom. The first-order valence-corrected chi connectivity index (χ1v) is 8.35. The van der Waals surface area contributed by atoms with Crippen LogP contribution in [0.2, 0.25) is 0 Å². The standard InChI is InChI=1S/C14H20N2O4S/c1-11(18)15-9-12-4-6-14(7-5-12)21(19,20)16-8-2-3-13(16)10-17/h4-7,13,17H,2-3,8-10H2,1H3,(H,15,18)/t13-/m0/s1. The number of rotatable bonds is 5. The summed E-state index contributed by atoms with van der Waals surface area (Å²) >= 11 is 0. The fourth-order valence-corrected chi connectivity index (χ4v) is 4.13.